The number of hydrogen-bond donors (Lipinski definition) is 2. The molecule has 4 heteroatoms. The average molecular weight is 292 g/mol. The van der Waals surface area contributed by atoms with Crippen LogP contribution in [-0.4, -0.2) is 17.3 Å². The normalized spacial score (nSPS) is 17.4. The number of halogens is 1. The molecule has 0 amide bonds. The molecule has 3 unspecified atom stereocenters. The largest absolute Gasteiger partial charge is 0.393 e. The maximum Gasteiger partial charge on any atom is 0.0701 e. The van der Waals surface area contributed by atoms with Gasteiger partial charge in [0.05, 0.1) is 9.89 Å². The fourth-order valence-electron chi connectivity index (χ4n) is 1.65. The van der Waals surface area contributed by atoms with Gasteiger partial charge in [-0.3, -0.25) is 0 Å². The van der Waals surface area contributed by atoms with Crippen molar-refractivity contribution in [3.63, 3.8) is 0 Å². The Hall–Kier alpha value is 0.1000. The zero-order valence-corrected chi connectivity index (χ0v) is 11.7. The lowest BCUT2D eigenvalue weighted by atomic mass is 10.1. The summed E-state index contributed by atoms with van der Waals surface area (Å²) in [4.78, 5) is 1.32. The molecule has 0 aliphatic carbocycles. The molecular weight excluding hydrogens is 274 g/mol. The highest BCUT2D eigenvalue weighted by Crippen LogP contribution is 2.27. The lowest BCUT2D eigenvalue weighted by molar-refractivity contribution is 0.168. The topological polar surface area (TPSA) is 32.3 Å². The molecule has 2 N–H and O–H groups in total. The van der Waals surface area contributed by atoms with Crippen molar-refractivity contribution in [3.05, 3.63) is 20.8 Å². The third kappa shape index (κ3) is 4.64. The Morgan fingerprint density at radius 1 is 1.40 bits per heavy atom. The molecule has 3 atom stereocenters. The van der Waals surface area contributed by atoms with Gasteiger partial charge in [0.2, 0.25) is 0 Å². The Morgan fingerprint density at radius 3 is 2.53 bits per heavy atom. The molecule has 86 valence electrons. The van der Waals surface area contributed by atoms with Gasteiger partial charge >= 0.3 is 0 Å². The first-order chi connectivity index (χ1) is 6.99. The van der Waals surface area contributed by atoms with E-state index in [0.29, 0.717) is 12.1 Å². The molecule has 0 radical (unpaired) electrons. The highest BCUT2D eigenvalue weighted by Gasteiger charge is 2.12. The molecule has 2 nitrogen and oxygen atoms in total. The zero-order chi connectivity index (χ0) is 11.4. The first kappa shape index (κ1) is 13.2. The number of aliphatic hydroxyl groups excluding tert-OH is 1. The molecule has 1 heterocycles. The minimum atomic E-state index is -0.241. The van der Waals surface area contributed by atoms with Gasteiger partial charge in [0.15, 0.2) is 0 Å². The van der Waals surface area contributed by atoms with Crippen LogP contribution in [0.4, 0.5) is 0 Å². The summed E-state index contributed by atoms with van der Waals surface area (Å²) in [6, 6.07) is 4.87. The van der Waals surface area contributed by atoms with E-state index in [4.69, 9.17) is 0 Å². The summed E-state index contributed by atoms with van der Waals surface area (Å²) < 4.78 is 1.16. The molecular formula is C11H18BrNOS. The quantitative estimate of drug-likeness (QED) is 0.872. The second kappa shape index (κ2) is 5.99. The van der Waals surface area contributed by atoms with Gasteiger partial charge in [0.25, 0.3) is 0 Å². The lowest BCUT2D eigenvalue weighted by Crippen LogP contribution is -2.31. The van der Waals surface area contributed by atoms with Crippen molar-refractivity contribution in [1.29, 1.82) is 0 Å². The standard InChI is InChI=1S/C11H18BrNOS/c1-7(6-8(2)14)13-9(3)10-4-5-11(12)15-10/h4-5,7-9,13-14H,6H2,1-3H3. The number of hydrogen-bond acceptors (Lipinski definition) is 3. The third-order valence-corrected chi connectivity index (χ3v) is 4.06. The number of thiophene rings is 1. The molecule has 0 saturated carbocycles. The predicted molar refractivity (Wildman–Crippen MR) is 69.3 cm³/mol. The van der Waals surface area contributed by atoms with Gasteiger partial charge in [0.1, 0.15) is 0 Å². The zero-order valence-electron chi connectivity index (χ0n) is 9.33. The minimum Gasteiger partial charge on any atom is -0.393 e. The van der Waals surface area contributed by atoms with Crippen molar-refractivity contribution in [3.8, 4) is 0 Å². The van der Waals surface area contributed by atoms with Gasteiger partial charge < -0.3 is 10.4 Å². The number of nitrogens with one attached hydrogen (secondary N) is 1. The molecule has 0 saturated heterocycles. The van der Waals surface area contributed by atoms with Crippen molar-refractivity contribution in [2.75, 3.05) is 0 Å². The summed E-state index contributed by atoms with van der Waals surface area (Å²) >= 11 is 5.21. The summed E-state index contributed by atoms with van der Waals surface area (Å²) in [5, 5.41) is 12.7. The van der Waals surface area contributed by atoms with E-state index in [9.17, 15) is 5.11 Å². The van der Waals surface area contributed by atoms with Gasteiger partial charge in [-0.05, 0) is 55.3 Å². The maximum atomic E-state index is 9.27. The Kier molecular flexibility index (Phi) is 5.26. The van der Waals surface area contributed by atoms with E-state index in [1.807, 2.05) is 6.92 Å². The SMILES string of the molecule is CC(O)CC(C)NC(C)c1ccc(Br)s1. The molecule has 1 aromatic rings. The molecule has 0 aliphatic heterocycles. The molecule has 0 fully saturated rings. The molecule has 0 spiro atoms. The van der Waals surface area contributed by atoms with E-state index in [0.717, 1.165) is 10.2 Å². The highest BCUT2D eigenvalue weighted by molar-refractivity contribution is 9.11. The summed E-state index contributed by atoms with van der Waals surface area (Å²) in [5.41, 5.74) is 0. The molecule has 1 rings (SSSR count). The molecule has 0 aromatic carbocycles. The fourth-order valence-corrected chi connectivity index (χ4v) is 3.08. The summed E-state index contributed by atoms with van der Waals surface area (Å²) in [6.07, 6.45) is 0.548. The van der Waals surface area contributed by atoms with Crippen LogP contribution in [0.15, 0.2) is 15.9 Å². The van der Waals surface area contributed by atoms with Crippen molar-refractivity contribution in [2.24, 2.45) is 0 Å². The van der Waals surface area contributed by atoms with Crippen LogP contribution >= 0.6 is 27.3 Å². The second-order valence-electron chi connectivity index (χ2n) is 4.02. The molecule has 15 heavy (non-hydrogen) atoms. The fraction of sp³-hybridized carbons (Fsp3) is 0.636. The van der Waals surface area contributed by atoms with Crippen LogP contribution in [0, 0.1) is 0 Å². The summed E-state index contributed by atoms with van der Waals surface area (Å²) in [5.74, 6) is 0. The van der Waals surface area contributed by atoms with Crippen LogP contribution in [0.25, 0.3) is 0 Å². The first-order valence-corrected chi connectivity index (χ1v) is 6.79. The number of aliphatic hydroxyl groups is 1. The van der Waals surface area contributed by atoms with Crippen LogP contribution in [0.2, 0.25) is 0 Å². The lowest BCUT2D eigenvalue weighted by Gasteiger charge is -2.20. The second-order valence-corrected chi connectivity index (χ2v) is 6.51. The van der Waals surface area contributed by atoms with E-state index in [1.54, 1.807) is 11.3 Å². The van der Waals surface area contributed by atoms with Crippen LogP contribution in [0.5, 0.6) is 0 Å². The first-order valence-electron chi connectivity index (χ1n) is 5.18. The van der Waals surface area contributed by atoms with Crippen LogP contribution in [0.3, 0.4) is 0 Å². The van der Waals surface area contributed by atoms with Gasteiger partial charge in [-0.25, -0.2) is 0 Å². The highest BCUT2D eigenvalue weighted by atomic mass is 79.9. The predicted octanol–water partition coefficient (Wildman–Crippen LogP) is 3.32. The van der Waals surface area contributed by atoms with Crippen LogP contribution < -0.4 is 5.32 Å². The van der Waals surface area contributed by atoms with Crippen molar-refractivity contribution >= 4 is 27.3 Å². The Labute approximate surface area is 104 Å². The summed E-state index contributed by atoms with van der Waals surface area (Å²) in [7, 11) is 0. The van der Waals surface area contributed by atoms with Gasteiger partial charge in [-0.2, -0.15) is 0 Å². The molecule has 0 aliphatic rings. The third-order valence-electron chi connectivity index (χ3n) is 2.25. The van der Waals surface area contributed by atoms with Gasteiger partial charge in [-0.15, -0.1) is 11.3 Å². The van der Waals surface area contributed by atoms with E-state index in [1.165, 1.54) is 4.88 Å². The van der Waals surface area contributed by atoms with Gasteiger partial charge in [-0.1, -0.05) is 0 Å². The van der Waals surface area contributed by atoms with E-state index in [-0.39, 0.29) is 6.10 Å². The van der Waals surface area contributed by atoms with Crippen LogP contribution in [0.1, 0.15) is 38.1 Å². The van der Waals surface area contributed by atoms with Gasteiger partial charge in [0, 0.05) is 17.0 Å². The Bertz CT molecular complexity index is 301. The Morgan fingerprint density at radius 2 is 2.07 bits per heavy atom. The monoisotopic (exact) mass is 291 g/mol. The summed E-state index contributed by atoms with van der Waals surface area (Å²) in [6.45, 7) is 6.08. The van der Waals surface area contributed by atoms with E-state index in [2.05, 4.69) is 47.2 Å². The smallest absolute Gasteiger partial charge is 0.0701 e. The van der Waals surface area contributed by atoms with E-state index >= 15 is 0 Å². The molecule has 1 aromatic heterocycles. The van der Waals surface area contributed by atoms with E-state index < -0.39 is 0 Å². The van der Waals surface area contributed by atoms with Crippen molar-refractivity contribution in [1.82, 2.24) is 5.32 Å². The minimum absolute atomic E-state index is 0.241. The number of rotatable bonds is 5. The maximum absolute atomic E-state index is 9.27. The van der Waals surface area contributed by atoms with Crippen molar-refractivity contribution < 1.29 is 5.11 Å². The molecule has 0 bridgehead atoms. The Balaban J connectivity index is 2.45. The van der Waals surface area contributed by atoms with Crippen molar-refractivity contribution in [2.45, 2.75) is 45.4 Å². The van der Waals surface area contributed by atoms with Crippen LogP contribution in [-0.2, 0) is 0 Å². The average Bonchev–Trinajstić information content (AvgIpc) is 2.49.